The summed E-state index contributed by atoms with van der Waals surface area (Å²) >= 11 is 1.44. The minimum Gasteiger partial charge on any atom is -0.385 e. The number of nitrogens with zero attached hydrogens (tertiary/aromatic N) is 1. The first kappa shape index (κ1) is 13.3. The zero-order valence-corrected chi connectivity index (χ0v) is 10.7. The van der Waals surface area contributed by atoms with Gasteiger partial charge in [0.05, 0.1) is 6.04 Å². The van der Waals surface area contributed by atoms with Crippen LogP contribution in [-0.2, 0) is 4.74 Å². The number of ketones is 1. The Bertz CT molecular complexity index is 350. The molecular formula is C11H18N2O2S. The van der Waals surface area contributed by atoms with Crippen molar-refractivity contribution >= 4 is 17.1 Å². The van der Waals surface area contributed by atoms with Gasteiger partial charge in [-0.25, -0.2) is 4.98 Å². The predicted molar refractivity (Wildman–Crippen MR) is 64.7 cm³/mol. The highest BCUT2D eigenvalue weighted by molar-refractivity contribution is 7.09. The summed E-state index contributed by atoms with van der Waals surface area (Å²) in [5.41, 5.74) is 6.23. The normalized spacial score (nSPS) is 14.8. The van der Waals surface area contributed by atoms with Gasteiger partial charge in [-0.3, -0.25) is 4.79 Å². The highest BCUT2D eigenvalue weighted by Crippen LogP contribution is 2.19. The Kier molecular flexibility index (Phi) is 5.05. The number of Topliss-reactive ketones (excluding diaryl/α,β-unsaturated/α-hetero) is 1. The van der Waals surface area contributed by atoms with Crippen LogP contribution >= 0.6 is 11.3 Å². The zero-order valence-electron chi connectivity index (χ0n) is 9.90. The molecule has 1 aromatic rings. The Balaban J connectivity index is 2.65. The van der Waals surface area contributed by atoms with Crippen LogP contribution in [0.2, 0.25) is 0 Å². The number of hydrogen-bond acceptors (Lipinski definition) is 5. The number of ether oxygens (including phenoxy) is 1. The van der Waals surface area contributed by atoms with Gasteiger partial charge in [-0.2, -0.15) is 0 Å². The molecule has 2 atom stereocenters. The quantitative estimate of drug-likeness (QED) is 0.775. The van der Waals surface area contributed by atoms with Gasteiger partial charge in [0.2, 0.25) is 0 Å². The third kappa shape index (κ3) is 3.37. The van der Waals surface area contributed by atoms with Gasteiger partial charge in [0.15, 0.2) is 5.78 Å². The van der Waals surface area contributed by atoms with E-state index in [0.29, 0.717) is 12.3 Å². The highest BCUT2D eigenvalue weighted by atomic mass is 32.1. The molecule has 1 heterocycles. The molecule has 2 N–H and O–H groups in total. The monoisotopic (exact) mass is 242 g/mol. The Labute approximate surface area is 99.8 Å². The first-order valence-corrected chi connectivity index (χ1v) is 6.18. The molecule has 1 rings (SSSR count). The van der Waals surface area contributed by atoms with Crippen molar-refractivity contribution in [3.05, 3.63) is 16.1 Å². The predicted octanol–water partition coefficient (Wildman–Crippen LogP) is 2.02. The summed E-state index contributed by atoms with van der Waals surface area (Å²) in [7, 11) is 1.63. The molecule has 16 heavy (non-hydrogen) atoms. The summed E-state index contributed by atoms with van der Waals surface area (Å²) in [4.78, 5) is 16.2. The van der Waals surface area contributed by atoms with Crippen molar-refractivity contribution in [1.29, 1.82) is 0 Å². The molecule has 2 unspecified atom stereocenters. The van der Waals surface area contributed by atoms with E-state index in [1.165, 1.54) is 11.3 Å². The number of carbonyl (C=O) groups excluding carboxylic acids is 1. The summed E-state index contributed by atoms with van der Waals surface area (Å²) < 4.78 is 4.95. The minimum absolute atomic E-state index is 0.0528. The van der Waals surface area contributed by atoms with Crippen molar-refractivity contribution in [3.8, 4) is 0 Å². The second-order valence-corrected chi connectivity index (χ2v) is 4.80. The first-order valence-electron chi connectivity index (χ1n) is 5.30. The zero-order chi connectivity index (χ0) is 12.1. The number of carbonyl (C=O) groups is 1. The van der Waals surface area contributed by atoms with E-state index in [9.17, 15) is 4.79 Å². The molecule has 0 bridgehead atoms. The third-order valence-electron chi connectivity index (χ3n) is 2.37. The van der Waals surface area contributed by atoms with Gasteiger partial charge < -0.3 is 10.5 Å². The van der Waals surface area contributed by atoms with Crippen LogP contribution in [0.1, 0.15) is 41.8 Å². The Morgan fingerprint density at radius 1 is 1.62 bits per heavy atom. The smallest absolute Gasteiger partial charge is 0.184 e. The standard InChI is InChI=1S/C11H18N2O2S/c1-7(4-5-15-3)10(14)9-6-16-11(13-9)8(2)12/h6-8H,4-5,12H2,1-3H3. The fourth-order valence-corrected chi connectivity index (χ4v) is 2.06. The van der Waals surface area contributed by atoms with Crippen LogP contribution in [0.3, 0.4) is 0 Å². The number of hydrogen-bond donors (Lipinski definition) is 1. The van der Waals surface area contributed by atoms with Gasteiger partial charge in [0, 0.05) is 25.0 Å². The number of nitrogens with two attached hydrogens (primary N) is 1. The summed E-state index contributed by atoms with van der Waals surface area (Å²) in [6.45, 7) is 4.35. The molecule has 0 fully saturated rings. The molecule has 0 saturated carbocycles. The topological polar surface area (TPSA) is 65.2 Å². The van der Waals surface area contributed by atoms with Gasteiger partial charge in [0.25, 0.3) is 0 Å². The lowest BCUT2D eigenvalue weighted by Gasteiger charge is -2.07. The maximum Gasteiger partial charge on any atom is 0.184 e. The molecule has 0 aliphatic heterocycles. The Morgan fingerprint density at radius 3 is 2.81 bits per heavy atom. The number of methoxy groups -OCH3 is 1. The number of thiazole rings is 1. The summed E-state index contributed by atoms with van der Waals surface area (Å²) in [6, 6.07) is -0.110. The lowest BCUT2D eigenvalue weighted by atomic mass is 10.0. The van der Waals surface area contributed by atoms with Crippen molar-refractivity contribution in [3.63, 3.8) is 0 Å². The van der Waals surface area contributed by atoms with Crippen molar-refractivity contribution in [2.75, 3.05) is 13.7 Å². The van der Waals surface area contributed by atoms with Gasteiger partial charge in [0.1, 0.15) is 10.7 Å². The number of aromatic nitrogens is 1. The molecule has 90 valence electrons. The van der Waals surface area contributed by atoms with Crippen LogP contribution in [0.5, 0.6) is 0 Å². The summed E-state index contributed by atoms with van der Waals surface area (Å²) in [5, 5.41) is 2.59. The van der Waals surface area contributed by atoms with E-state index in [4.69, 9.17) is 10.5 Å². The maximum atomic E-state index is 11.9. The first-order chi connectivity index (χ1) is 7.56. The maximum absolute atomic E-state index is 11.9. The second kappa shape index (κ2) is 6.08. The fraction of sp³-hybridized carbons (Fsp3) is 0.636. The highest BCUT2D eigenvalue weighted by Gasteiger charge is 2.18. The van der Waals surface area contributed by atoms with Gasteiger partial charge in [-0.15, -0.1) is 11.3 Å². The molecule has 0 radical (unpaired) electrons. The lowest BCUT2D eigenvalue weighted by molar-refractivity contribution is 0.0889. The summed E-state index contributed by atoms with van der Waals surface area (Å²) in [6.07, 6.45) is 0.723. The van der Waals surface area contributed by atoms with E-state index in [-0.39, 0.29) is 17.7 Å². The van der Waals surface area contributed by atoms with E-state index in [0.717, 1.165) is 11.4 Å². The average molecular weight is 242 g/mol. The molecule has 4 nitrogen and oxygen atoms in total. The van der Waals surface area contributed by atoms with Gasteiger partial charge >= 0.3 is 0 Å². The molecule has 1 aromatic heterocycles. The van der Waals surface area contributed by atoms with Gasteiger partial charge in [-0.1, -0.05) is 6.92 Å². The van der Waals surface area contributed by atoms with Crippen molar-refractivity contribution in [1.82, 2.24) is 4.98 Å². The molecule has 5 heteroatoms. The minimum atomic E-state index is -0.110. The van der Waals surface area contributed by atoms with Crippen LogP contribution < -0.4 is 5.73 Å². The van der Waals surface area contributed by atoms with Crippen LogP contribution in [-0.4, -0.2) is 24.5 Å². The fourth-order valence-electron chi connectivity index (χ4n) is 1.29. The number of rotatable bonds is 6. The van der Waals surface area contributed by atoms with Crippen molar-refractivity contribution in [2.24, 2.45) is 11.7 Å². The largest absolute Gasteiger partial charge is 0.385 e. The Hall–Kier alpha value is -0.780. The third-order valence-corrected chi connectivity index (χ3v) is 3.41. The molecule has 0 aliphatic carbocycles. The van der Waals surface area contributed by atoms with Crippen LogP contribution in [0.15, 0.2) is 5.38 Å². The second-order valence-electron chi connectivity index (χ2n) is 3.91. The SMILES string of the molecule is COCCC(C)C(=O)c1csc(C(C)N)n1. The van der Waals surface area contributed by atoms with E-state index in [1.807, 2.05) is 13.8 Å². The van der Waals surface area contributed by atoms with E-state index >= 15 is 0 Å². The van der Waals surface area contributed by atoms with Crippen LogP contribution in [0.25, 0.3) is 0 Å². The van der Waals surface area contributed by atoms with E-state index in [1.54, 1.807) is 12.5 Å². The molecular weight excluding hydrogens is 224 g/mol. The molecule has 0 spiro atoms. The van der Waals surface area contributed by atoms with Crippen molar-refractivity contribution in [2.45, 2.75) is 26.3 Å². The molecule has 0 amide bonds. The average Bonchev–Trinajstić information content (AvgIpc) is 2.74. The lowest BCUT2D eigenvalue weighted by Crippen LogP contribution is -2.14. The van der Waals surface area contributed by atoms with E-state index in [2.05, 4.69) is 4.98 Å². The Morgan fingerprint density at radius 2 is 2.31 bits per heavy atom. The molecule has 0 aliphatic rings. The molecule has 0 aromatic carbocycles. The van der Waals surface area contributed by atoms with Gasteiger partial charge in [-0.05, 0) is 13.3 Å². The summed E-state index contributed by atoms with van der Waals surface area (Å²) in [5.74, 6) is 0.0168. The molecule has 0 saturated heterocycles. The van der Waals surface area contributed by atoms with Crippen LogP contribution in [0, 0.1) is 5.92 Å². The van der Waals surface area contributed by atoms with E-state index < -0.39 is 0 Å². The van der Waals surface area contributed by atoms with Crippen molar-refractivity contribution < 1.29 is 9.53 Å². The van der Waals surface area contributed by atoms with Crippen LogP contribution in [0.4, 0.5) is 0 Å².